The van der Waals surface area contributed by atoms with E-state index in [9.17, 15) is 5.11 Å². The minimum absolute atomic E-state index is 0.169. The van der Waals surface area contributed by atoms with Crippen molar-refractivity contribution in [2.75, 3.05) is 0 Å². The van der Waals surface area contributed by atoms with Gasteiger partial charge in [-0.1, -0.05) is 51.3 Å². The Morgan fingerprint density at radius 2 is 1.96 bits per heavy atom. The van der Waals surface area contributed by atoms with Gasteiger partial charge in [0.1, 0.15) is 0 Å². The Morgan fingerprint density at radius 1 is 1.15 bits per heavy atom. The molecule has 0 saturated heterocycles. The molecule has 2 nitrogen and oxygen atoms in total. The first-order valence-electron chi connectivity index (χ1n) is 11.2. The van der Waals surface area contributed by atoms with Crippen LogP contribution in [-0.4, -0.2) is 17.5 Å². The number of ether oxygens (including phenoxy) is 1. The van der Waals surface area contributed by atoms with Crippen LogP contribution in [0.25, 0.3) is 0 Å². The van der Waals surface area contributed by atoms with Gasteiger partial charge >= 0.3 is 0 Å². The normalized spacial score (nSPS) is 35.3. The molecule has 0 amide bonds. The number of aliphatic hydroxyl groups is 1. The molecule has 26 heavy (non-hydrogen) atoms. The number of hydrogen-bond donors (Lipinski definition) is 1. The van der Waals surface area contributed by atoms with Gasteiger partial charge in [0, 0.05) is 5.92 Å². The van der Waals surface area contributed by atoms with Gasteiger partial charge in [-0.15, -0.1) is 0 Å². The van der Waals surface area contributed by atoms with Gasteiger partial charge in [0.2, 0.25) is 0 Å². The molecule has 148 valence electrons. The van der Waals surface area contributed by atoms with Crippen molar-refractivity contribution in [3.05, 3.63) is 23.8 Å². The van der Waals surface area contributed by atoms with Gasteiger partial charge < -0.3 is 9.84 Å². The average molecular weight is 361 g/mol. The molecule has 3 aliphatic rings. The fourth-order valence-electron chi connectivity index (χ4n) is 5.21. The molecular weight excluding hydrogens is 320 g/mol. The van der Waals surface area contributed by atoms with Gasteiger partial charge in [0.05, 0.1) is 6.10 Å². The molecule has 0 aromatic carbocycles. The van der Waals surface area contributed by atoms with Gasteiger partial charge in [-0.05, 0) is 81.1 Å². The van der Waals surface area contributed by atoms with Crippen LogP contribution in [-0.2, 0) is 4.74 Å². The molecule has 3 aliphatic carbocycles. The van der Waals surface area contributed by atoms with E-state index in [2.05, 4.69) is 32.9 Å². The van der Waals surface area contributed by atoms with Crippen LogP contribution < -0.4 is 0 Å². The van der Waals surface area contributed by atoms with E-state index in [4.69, 9.17) is 4.74 Å². The van der Waals surface area contributed by atoms with Crippen LogP contribution in [0.2, 0.25) is 0 Å². The van der Waals surface area contributed by atoms with Gasteiger partial charge in [-0.25, -0.2) is 0 Å². The van der Waals surface area contributed by atoms with Crippen LogP contribution in [0.1, 0.15) is 85.0 Å². The number of hydrogen-bond acceptors (Lipinski definition) is 2. The lowest BCUT2D eigenvalue weighted by Gasteiger charge is -2.40. The van der Waals surface area contributed by atoms with E-state index in [1.54, 1.807) is 5.57 Å². The van der Waals surface area contributed by atoms with E-state index in [0.29, 0.717) is 11.8 Å². The third kappa shape index (κ3) is 5.96. The van der Waals surface area contributed by atoms with Crippen molar-refractivity contribution in [1.29, 1.82) is 0 Å². The number of rotatable bonds is 8. The van der Waals surface area contributed by atoms with E-state index >= 15 is 0 Å². The largest absolute Gasteiger partial charge is 0.365 e. The minimum Gasteiger partial charge on any atom is -0.365 e. The lowest BCUT2D eigenvalue weighted by molar-refractivity contribution is -0.145. The second-order valence-electron chi connectivity index (χ2n) is 9.52. The van der Waals surface area contributed by atoms with E-state index in [-0.39, 0.29) is 6.10 Å². The topological polar surface area (TPSA) is 29.5 Å². The standard InChI is InChI=1S/C24H40O2/c1-4-19-13-18(3)15-22(16-19)24(21-9-5-7-17(2)14-21)26-23(25)10-6-8-20-11-12-20/h6,10,16-18,20-25H,4-5,7-9,11-15H2,1-3H3/b10-6-. The maximum absolute atomic E-state index is 10.5. The zero-order chi connectivity index (χ0) is 18.5. The summed E-state index contributed by atoms with van der Waals surface area (Å²) in [4.78, 5) is 0. The highest BCUT2D eigenvalue weighted by molar-refractivity contribution is 5.11. The predicted molar refractivity (Wildman–Crippen MR) is 109 cm³/mol. The monoisotopic (exact) mass is 360 g/mol. The third-order valence-corrected chi connectivity index (χ3v) is 6.82. The van der Waals surface area contributed by atoms with Crippen molar-refractivity contribution in [3.8, 4) is 0 Å². The minimum atomic E-state index is -0.744. The Morgan fingerprint density at radius 3 is 2.65 bits per heavy atom. The zero-order valence-corrected chi connectivity index (χ0v) is 17.2. The van der Waals surface area contributed by atoms with Crippen molar-refractivity contribution in [2.24, 2.45) is 29.6 Å². The molecule has 2 fully saturated rings. The van der Waals surface area contributed by atoms with Crippen molar-refractivity contribution < 1.29 is 9.84 Å². The summed E-state index contributed by atoms with van der Waals surface area (Å²) in [7, 11) is 0. The maximum atomic E-state index is 10.5. The predicted octanol–water partition coefficient (Wildman–Crippen LogP) is 6.26. The summed E-state index contributed by atoms with van der Waals surface area (Å²) in [5.74, 6) is 3.45. The molecular formula is C24H40O2. The molecule has 2 saturated carbocycles. The summed E-state index contributed by atoms with van der Waals surface area (Å²) in [5.41, 5.74) is 1.59. The first kappa shape index (κ1) is 20.1. The van der Waals surface area contributed by atoms with Crippen molar-refractivity contribution in [1.82, 2.24) is 0 Å². The van der Waals surface area contributed by atoms with E-state index in [0.717, 1.165) is 30.6 Å². The van der Waals surface area contributed by atoms with Crippen LogP contribution >= 0.6 is 0 Å². The molecule has 2 heteroatoms. The van der Waals surface area contributed by atoms with Crippen molar-refractivity contribution in [2.45, 2.75) is 97.4 Å². The number of aliphatic hydroxyl groups excluding tert-OH is 1. The molecule has 0 bridgehead atoms. The average Bonchev–Trinajstić information content (AvgIpc) is 3.43. The smallest absolute Gasteiger partial charge is 0.174 e. The molecule has 0 heterocycles. The summed E-state index contributed by atoms with van der Waals surface area (Å²) in [6.45, 7) is 7.03. The molecule has 0 radical (unpaired) electrons. The van der Waals surface area contributed by atoms with Gasteiger partial charge in [0.25, 0.3) is 0 Å². The molecule has 0 spiro atoms. The lowest BCUT2D eigenvalue weighted by atomic mass is 9.71. The quantitative estimate of drug-likeness (QED) is 0.409. The first-order chi connectivity index (χ1) is 12.5. The van der Waals surface area contributed by atoms with Crippen molar-refractivity contribution >= 4 is 0 Å². The van der Waals surface area contributed by atoms with Crippen LogP contribution in [0.3, 0.4) is 0 Å². The number of allylic oxidation sites excluding steroid dienone is 2. The maximum Gasteiger partial charge on any atom is 0.174 e. The fourth-order valence-corrected chi connectivity index (χ4v) is 5.21. The summed E-state index contributed by atoms with van der Waals surface area (Å²) in [5, 5.41) is 10.5. The Balaban J connectivity index is 1.69. The highest BCUT2D eigenvalue weighted by atomic mass is 16.6. The lowest BCUT2D eigenvalue weighted by Crippen LogP contribution is -2.38. The Bertz CT molecular complexity index is 490. The molecule has 0 aromatic heterocycles. The fraction of sp³-hybridized carbons (Fsp3) is 0.833. The third-order valence-electron chi connectivity index (χ3n) is 6.82. The Kier molecular flexibility index (Phi) is 7.40. The highest BCUT2D eigenvalue weighted by Crippen LogP contribution is 2.40. The van der Waals surface area contributed by atoms with Gasteiger partial charge in [0.15, 0.2) is 6.29 Å². The molecule has 1 N–H and O–H groups in total. The van der Waals surface area contributed by atoms with Crippen LogP contribution in [0, 0.1) is 29.6 Å². The summed E-state index contributed by atoms with van der Waals surface area (Å²) in [6.07, 6.45) is 18.6. The molecule has 3 rings (SSSR count). The molecule has 0 aromatic rings. The van der Waals surface area contributed by atoms with Crippen molar-refractivity contribution in [3.63, 3.8) is 0 Å². The Labute approximate surface area is 161 Å². The first-order valence-corrected chi connectivity index (χ1v) is 11.2. The summed E-state index contributed by atoms with van der Waals surface area (Å²) < 4.78 is 6.35. The Hall–Kier alpha value is -0.600. The summed E-state index contributed by atoms with van der Waals surface area (Å²) >= 11 is 0. The molecule has 6 unspecified atom stereocenters. The highest BCUT2D eigenvalue weighted by Gasteiger charge is 2.35. The molecule has 0 aliphatic heterocycles. The van der Waals surface area contributed by atoms with Gasteiger partial charge in [-0.2, -0.15) is 0 Å². The summed E-state index contributed by atoms with van der Waals surface area (Å²) in [6, 6.07) is 0. The zero-order valence-electron chi connectivity index (χ0n) is 17.2. The van der Waals surface area contributed by atoms with E-state index in [1.165, 1.54) is 51.4 Å². The van der Waals surface area contributed by atoms with Crippen LogP contribution in [0.15, 0.2) is 23.8 Å². The van der Waals surface area contributed by atoms with Gasteiger partial charge in [-0.3, -0.25) is 0 Å². The second kappa shape index (κ2) is 9.55. The van der Waals surface area contributed by atoms with E-state index < -0.39 is 6.29 Å². The SMILES string of the molecule is CCC1=CC(C(OC(O)/C=C\CC2CC2)C2CCCC(C)C2)CC(C)C1. The van der Waals surface area contributed by atoms with Crippen LogP contribution in [0.4, 0.5) is 0 Å². The second-order valence-corrected chi connectivity index (χ2v) is 9.52. The molecule has 6 atom stereocenters. The van der Waals surface area contributed by atoms with Crippen LogP contribution in [0.5, 0.6) is 0 Å². The van der Waals surface area contributed by atoms with E-state index in [1.807, 2.05) is 6.08 Å².